The molecule has 5 aromatic carbocycles. The van der Waals surface area contributed by atoms with E-state index in [1.807, 2.05) is 30.3 Å². The van der Waals surface area contributed by atoms with Gasteiger partial charge in [-0.1, -0.05) is 97.9 Å². The lowest BCUT2D eigenvalue weighted by atomic mass is 9.90. The van der Waals surface area contributed by atoms with Gasteiger partial charge in [-0.2, -0.15) is 4.89 Å². The average Bonchev–Trinajstić information content (AvgIpc) is 2.98. The van der Waals surface area contributed by atoms with Crippen LogP contribution in [-0.2, 0) is 9.62 Å². The van der Waals surface area contributed by atoms with Crippen LogP contribution >= 0.6 is 0 Å². The Kier molecular flexibility index (Phi) is 7.13. The zero-order valence-corrected chi connectivity index (χ0v) is 22.0. The van der Waals surface area contributed by atoms with Crippen LogP contribution in [0.1, 0.15) is 6.92 Å². The SMILES string of the molecule is CC1(COOc2cccc(N(c3ccc(-c4ccccc4)cc3)c3ccc(-c4ccccc4)cc3)c2)COC1. The van der Waals surface area contributed by atoms with E-state index < -0.39 is 0 Å². The molecule has 1 fully saturated rings. The number of nitrogens with zero attached hydrogens (tertiary/aromatic N) is 1. The maximum atomic E-state index is 5.71. The molecule has 194 valence electrons. The Morgan fingerprint density at radius 1 is 0.590 bits per heavy atom. The van der Waals surface area contributed by atoms with Crippen LogP contribution in [0, 0.1) is 5.41 Å². The Labute approximate surface area is 230 Å². The van der Waals surface area contributed by atoms with Gasteiger partial charge in [0.25, 0.3) is 0 Å². The molecule has 1 aliphatic heterocycles. The summed E-state index contributed by atoms with van der Waals surface area (Å²) in [7, 11) is 0. The normalized spacial score (nSPS) is 13.9. The summed E-state index contributed by atoms with van der Waals surface area (Å²) in [5, 5.41) is 0. The summed E-state index contributed by atoms with van der Waals surface area (Å²) < 4.78 is 5.32. The van der Waals surface area contributed by atoms with Crippen molar-refractivity contribution in [2.24, 2.45) is 5.41 Å². The van der Waals surface area contributed by atoms with Gasteiger partial charge in [0, 0.05) is 28.5 Å². The molecule has 1 saturated heterocycles. The highest BCUT2D eigenvalue weighted by molar-refractivity contribution is 5.80. The van der Waals surface area contributed by atoms with Gasteiger partial charge in [-0.05, 0) is 58.7 Å². The van der Waals surface area contributed by atoms with E-state index in [0.717, 1.165) is 17.1 Å². The molecule has 0 bridgehead atoms. The zero-order chi connectivity index (χ0) is 26.5. The molecule has 0 aromatic heterocycles. The Bertz CT molecular complexity index is 1410. The van der Waals surface area contributed by atoms with Gasteiger partial charge in [-0.15, -0.1) is 0 Å². The van der Waals surface area contributed by atoms with Gasteiger partial charge in [-0.3, -0.25) is 0 Å². The van der Waals surface area contributed by atoms with Crippen molar-refractivity contribution in [3.05, 3.63) is 133 Å². The molecule has 1 aliphatic rings. The first-order valence-corrected chi connectivity index (χ1v) is 13.3. The molecule has 1 heterocycles. The molecule has 0 atom stereocenters. The third-order valence-electron chi connectivity index (χ3n) is 7.00. The summed E-state index contributed by atoms with van der Waals surface area (Å²) in [4.78, 5) is 13.5. The lowest BCUT2D eigenvalue weighted by Gasteiger charge is -2.36. The summed E-state index contributed by atoms with van der Waals surface area (Å²) in [6.45, 7) is 4.02. The number of hydrogen-bond acceptors (Lipinski definition) is 4. The van der Waals surface area contributed by atoms with Gasteiger partial charge in [-0.25, -0.2) is 0 Å². The van der Waals surface area contributed by atoms with Crippen LogP contribution in [0.4, 0.5) is 17.1 Å². The van der Waals surface area contributed by atoms with Crippen LogP contribution in [0.2, 0.25) is 0 Å². The van der Waals surface area contributed by atoms with Crippen molar-refractivity contribution in [1.29, 1.82) is 0 Å². The third kappa shape index (κ3) is 5.73. The largest absolute Gasteiger partial charge is 0.380 e. The topological polar surface area (TPSA) is 30.9 Å². The van der Waals surface area contributed by atoms with E-state index in [2.05, 4.69) is 115 Å². The van der Waals surface area contributed by atoms with E-state index >= 15 is 0 Å². The van der Waals surface area contributed by atoms with Crippen molar-refractivity contribution < 1.29 is 14.5 Å². The smallest absolute Gasteiger partial charge is 0.167 e. The number of benzene rings is 5. The molecule has 6 rings (SSSR count). The first kappa shape index (κ1) is 24.9. The molecule has 4 heteroatoms. The van der Waals surface area contributed by atoms with Crippen LogP contribution in [0.5, 0.6) is 5.75 Å². The molecule has 0 saturated carbocycles. The van der Waals surface area contributed by atoms with E-state index in [9.17, 15) is 0 Å². The van der Waals surface area contributed by atoms with Gasteiger partial charge in [0.05, 0.1) is 13.2 Å². The van der Waals surface area contributed by atoms with Crippen molar-refractivity contribution in [1.82, 2.24) is 0 Å². The van der Waals surface area contributed by atoms with Crippen molar-refractivity contribution in [3.8, 4) is 28.0 Å². The minimum atomic E-state index is 0.0185. The molecule has 0 N–H and O–H groups in total. The summed E-state index contributed by atoms with van der Waals surface area (Å²) >= 11 is 0. The Morgan fingerprint density at radius 2 is 1.10 bits per heavy atom. The number of anilines is 3. The second kappa shape index (κ2) is 11.2. The molecule has 4 nitrogen and oxygen atoms in total. The highest BCUT2D eigenvalue weighted by Gasteiger charge is 2.34. The fourth-order valence-electron chi connectivity index (χ4n) is 4.76. The highest BCUT2D eigenvalue weighted by atomic mass is 17.2. The second-order valence-electron chi connectivity index (χ2n) is 10.3. The first-order valence-electron chi connectivity index (χ1n) is 13.3. The Hall–Kier alpha value is -4.38. The Balaban J connectivity index is 1.31. The maximum Gasteiger partial charge on any atom is 0.167 e. The average molecular weight is 514 g/mol. The van der Waals surface area contributed by atoms with E-state index in [0.29, 0.717) is 25.6 Å². The van der Waals surface area contributed by atoms with Crippen molar-refractivity contribution in [2.75, 3.05) is 24.7 Å². The standard InChI is InChI=1S/C35H31NO3/c1-35(24-37-25-35)26-38-39-34-14-8-13-33(23-34)36(31-19-15-29(16-20-31)27-9-4-2-5-10-27)32-21-17-30(18-22-32)28-11-6-3-7-12-28/h2-23H,24-26H2,1H3. The lowest BCUT2D eigenvalue weighted by molar-refractivity contribution is -0.259. The lowest BCUT2D eigenvalue weighted by Crippen LogP contribution is -2.43. The van der Waals surface area contributed by atoms with E-state index in [1.165, 1.54) is 22.3 Å². The van der Waals surface area contributed by atoms with Crippen LogP contribution in [0.3, 0.4) is 0 Å². The van der Waals surface area contributed by atoms with E-state index in [-0.39, 0.29) is 5.41 Å². The third-order valence-corrected chi connectivity index (χ3v) is 7.00. The predicted octanol–water partition coefficient (Wildman–Crippen LogP) is 8.84. The summed E-state index contributed by atoms with van der Waals surface area (Å²) in [5.41, 5.74) is 7.86. The maximum absolute atomic E-state index is 5.71. The zero-order valence-electron chi connectivity index (χ0n) is 22.0. The first-order chi connectivity index (χ1) is 19.2. The molecule has 0 spiro atoms. The summed E-state index contributed by atoms with van der Waals surface area (Å²) in [6, 6.07) is 46.2. The van der Waals surface area contributed by atoms with Gasteiger partial charge in [0.15, 0.2) is 5.75 Å². The monoisotopic (exact) mass is 513 g/mol. The fraction of sp³-hybridized carbons (Fsp3) is 0.143. The van der Waals surface area contributed by atoms with Gasteiger partial charge in [0.2, 0.25) is 0 Å². The van der Waals surface area contributed by atoms with E-state index in [4.69, 9.17) is 14.5 Å². The van der Waals surface area contributed by atoms with Crippen LogP contribution in [-0.4, -0.2) is 19.8 Å². The number of hydrogen-bond donors (Lipinski definition) is 0. The molecule has 0 aliphatic carbocycles. The highest BCUT2D eigenvalue weighted by Crippen LogP contribution is 2.38. The van der Waals surface area contributed by atoms with Crippen molar-refractivity contribution in [2.45, 2.75) is 6.92 Å². The van der Waals surface area contributed by atoms with Crippen molar-refractivity contribution >= 4 is 17.1 Å². The summed E-state index contributed by atoms with van der Waals surface area (Å²) in [5.74, 6) is 0.656. The van der Waals surface area contributed by atoms with E-state index in [1.54, 1.807) is 0 Å². The molecule has 39 heavy (non-hydrogen) atoms. The number of rotatable bonds is 9. The molecule has 0 amide bonds. The second-order valence-corrected chi connectivity index (χ2v) is 10.3. The molecular weight excluding hydrogens is 482 g/mol. The molecule has 0 radical (unpaired) electrons. The van der Waals surface area contributed by atoms with Crippen LogP contribution < -0.4 is 9.79 Å². The minimum Gasteiger partial charge on any atom is -0.380 e. The molecular formula is C35H31NO3. The van der Waals surface area contributed by atoms with Gasteiger partial charge >= 0.3 is 0 Å². The predicted molar refractivity (Wildman–Crippen MR) is 158 cm³/mol. The quantitative estimate of drug-likeness (QED) is 0.146. The van der Waals surface area contributed by atoms with Crippen LogP contribution in [0.25, 0.3) is 22.3 Å². The number of ether oxygens (including phenoxy) is 1. The van der Waals surface area contributed by atoms with Gasteiger partial charge in [0.1, 0.15) is 6.61 Å². The van der Waals surface area contributed by atoms with Crippen LogP contribution in [0.15, 0.2) is 133 Å². The fourth-order valence-corrected chi connectivity index (χ4v) is 4.76. The van der Waals surface area contributed by atoms with Gasteiger partial charge < -0.3 is 14.5 Å². The molecule has 5 aromatic rings. The molecule has 0 unspecified atom stereocenters. The minimum absolute atomic E-state index is 0.0185. The Morgan fingerprint density at radius 3 is 1.59 bits per heavy atom. The summed E-state index contributed by atoms with van der Waals surface area (Å²) in [6.07, 6.45) is 0. The van der Waals surface area contributed by atoms with Crippen molar-refractivity contribution in [3.63, 3.8) is 0 Å².